The molecule has 0 bridgehead atoms. The fraction of sp³-hybridized carbons (Fsp3) is 0.250. The van der Waals surface area contributed by atoms with Crippen LogP contribution in [0.2, 0.25) is 0 Å². The number of carboxylic acid groups (broad SMARTS) is 1. The van der Waals surface area contributed by atoms with Crippen LogP contribution in [0.1, 0.15) is 45.2 Å². The maximum Gasteiger partial charge on any atom is 0.339 e. The fourth-order valence-corrected chi connectivity index (χ4v) is 2.50. The van der Waals surface area contributed by atoms with Crippen molar-refractivity contribution in [3.8, 4) is 5.75 Å². The highest BCUT2D eigenvalue weighted by atomic mass is 16.5. The smallest absolute Gasteiger partial charge is 0.339 e. The number of carboxylic acids is 1. The molecule has 0 aliphatic carbocycles. The predicted octanol–water partition coefficient (Wildman–Crippen LogP) is 2.40. The Bertz CT molecular complexity index is 734. The summed E-state index contributed by atoms with van der Waals surface area (Å²) in [6, 6.07) is 8.45. The van der Waals surface area contributed by atoms with Crippen LogP contribution in [0.3, 0.4) is 0 Å². The zero-order chi connectivity index (χ0) is 15.7. The van der Waals surface area contributed by atoms with Crippen molar-refractivity contribution >= 4 is 11.9 Å². The highest BCUT2D eigenvalue weighted by Crippen LogP contribution is 2.32. The van der Waals surface area contributed by atoms with Gasteiger partial charge >= 0.3 is 5.97 Å². The number of ether oxygens (including phenoxy) is 1. The van der Waals surface area contributed by atoms with Crippen LogP contribution in [0.15, 0.2) is 34.7 Å². The summed E-state index contributed by atoms with van der Waals surface area (Å²) in [5, 5.41) is 11.9. The summed E-state index contributed by atoms with van der Waals surface area (Å²) in [4.78, 5) is 23.4. The number of aryl methyl sites for hydroxylation is 1. The van der Waals surface area contributed by atoms with Crippen LogP contribution >= 0.6 is 0 Å². The molecular weight excluding hydrogens is 286 g/mol. The molecule has 6 nitrogen and oxygen atoms in total. The van der Waals surface area contributed by atoms with Crippen molar-refractivity contribution in [3.63, 3.8) is 0 Å². The van der Waals surface area contributed by atoms with Gasteiger partial charge < -0.3 is 19.6 Å². The van der Waals surface area contributed by atoms with Crippen molar-refractivity contribution in [3.05, 3.63) is 53.0 Å². The monoisotopic (exact) mass is 301 g/mol. The van der Waals surface area contributed by atoms with Crippen molar-refractivity contribution in [1.29, 1.82) is 0 Å². The zero-order valence-electron chi connectivity index (χ0n) is 12.0. The Morgan fingerprint density at radius 2 is 2.14 bits per heavy atom. The molecule has 114 valence electrons. The van der Waals surface area contributed by atoms with Crippen LogP contribution in [0.4, 0.5) is 0 Å². The second-order valence-corrected chi connectivity index (χ2v) is 4.98. The van der Waals surface area contributed by atoms with Gasteiger partial charge in [-0.2, -0.15) is 0 Å². The highest BCUT2D eigenvalue weighted by Gasteiger charge is 2.27. The van der Waals surface area contributed by atoms with Gasteiger partial charge in [-0.15, -0.1) is 0 Å². The first-order chi connectivity index (χ1) is 10.6. The minimum atomic E-state index is -1.10. The molecule has 2 N–H and O–H groups in total. The Balaban J connectivity index is 1.80. The fourth-order valence-electron chi connectivity index (χ4n) is 2.50. The number of nitrogens with one attached hydrogen (secondary N) is 1. The minimum absolute atomic E-state index is 0.00127. The van der Waals surface area contributed by atoms with Crippen molar-refractivity contribution in [2.75, 3.05) is 6.61 Å². The zero-order valence-corrected chi connectivity index (χ0v) is 12.0. The third-order valence-electron chi connectivity index (χ3n) is 3.59. The van der Waals surface area contributed by atoms with Crippen molar-refractivity contribution in [2.45, 2.75) is 19.4 Å². The second kappa shape index (κ2) is 5.55. The first kappa shape index (κ1) is 14.2. The van der Waals surface area contributed by atoms with E-state index in [1.807, 2.05) is 24.3 Å². The molecule has 0 radical (unpaired) electrons. The van der Waals surface area contributed by atoms with E-state index in [0.29, 0.717) is 18.8 Å². The van der Waals surface area contributed by atoms with Crippen molar-refractivity contribution < 1.29 is 23.8 Å². The van der Waals surface area contributed by atoms with Crippen molar-refractivity contribution in [2.24, 2.45) is 0 Å². The average Bonchev–Trinajstić information content (AvgIpc) is 3.12. The molecule has 6 heteroatoms. The number of carbonyl (C=O) groups is 2. The Hall–Kier alpha value is -2.76. The van der Waals surface area contributed by atoms with E-state index in [2.05, 4.69) is 5.32 Å². The quantitative estimate of drug-likeness (QED) is 0.905. The number of aromatic carboxylic acids is 1. The molecule has 1 aromatic heterocycles. The third-order valence-corrected chi connectivity index (χ3v) is 3.59. The number of benzene rings is 1. The molecule has 0 fully saturated rings. The van der Waals surface area contributed by atoms with Gasteiger partial charge in [-0.05, 0) is 6.07 Å². The van der Waals surface area contributed by atoms with Crippen LogP contribution in [-0.2, 0) is 6.42 Å². The number of hydrogen-bond acceptors (Lipinski definition) is 4. The van der Waals surface area contributed by atoms with E-state index in [1.54, 1.807) is 6.92 Å². The standard InChI is InChI=1S/C16H15NO5/c1-2-12-10(16(19)20)7-14(22-12)15(18)17-11-8-21-13-6-4-3-5-9(11)13/h3-7,11H,2,8H2,1H3,(H,17,18)(H,19,20). The molecular formula is C16H15NO5. The van der Waals surface area contributed by atoms with Crippen molar-refractivity contribution in [1.82, 2.24) is 5.32 Å². The van der Waals surface area contributed by atoms with Crippen LogP contribution in [0, 0.1) is 0 Å². The molecule has 1 amide bonds. The lowest BCUT2D eigenvalue weighted by molar-refractivity contribution is 0.0694. The largest absolute Gasteiger partial charge is 0.491 e. The van der Waals surface area contributed by atoms with Gasteiger partial charge in [0.1, 0.15) is 23.7 Å². The minimum Gasteiger partial charge on any atom is -0.491 e. The van der Waals surface area contributed by atoms with E-state index in [0.717, 1.165) is 11.3 Å². The van der Waals surface area contributed by atoms with Gasteiger partial charge in [-0.3, -0.25) is 4.79 Å². The molecule has 2 aromatic rings. The lowest BCUT2D eigenvalue weighted by atomic mass is 10.1. The average molecular weight is 301 g/mol. The molecule has 0 spiro atoms. The van der Waals surface area contributed by atoms with E-state index in [4.69, 9.17) is 14.3 Å². The Kier molecular flexibility index (Phi) is 3.58. The molecule has 1 unspecified atom stereocenters. The van der Waals surface area contributed by atoms with Crippen LogP contribution in [-0.4, -0.2) is 23.6 Å². The highest BCUT2D eigenvalue weighted by molar-refractivity contribution is 5.96. The number of rotatable bonds is 4. The molecule has 1 atom stereocenters. The molecule has 2 heterocycles. The van der Waals surface area contributed by atoms with Gasteiger partial charge in [0.15, 0.2) is 5.76 Å². The third kappa shape index (κ3) is 2.43. The molecule has 0 saturated carbocycles. The summed E-state index contributed by atoms with van der Waals surface area (Å²) in [6.45, 7) is 2.12. The Morgan fingerprint density at radius 1 is 1.36 bits per heavy atom. The summed E-state index contributed by atoms with van der Waals surface area (Å²) in [5.41, 5.74) is 0.923. The summed E-state index contributed by atoms with van der Waals surface area (Å²) >= 11 is 0. The maximum atomic E-state index is 12.3. The molecule has 1 aliphatic heterocycles. The van der Waals surface area contributed by atoms with Crippen LogP contribution in [0.5, 0.6) is 5.75 Å². The van der Waals surface area contributed by atoms with Gasteiger partial charge in [0, 0.05) is 18.1 Å². The lowest BCUT2D eigenvalue weighted by Crippen LogP contribution is -2.29. The number of para-hydroxylation sites is 1. The molecule has 0 saturated heterocycles. The Morgan fingerprint density at radius 3 is 2.82 bits per heavy atom. The molecule has 22 heavy (non-hydrogen) atoms. The van der Waals surface area contributed by atoms with Gasteiger partial charge in [-0.25, -0.2) is 4.79 Å². The van der Waals surface area contributed by atoms with E-state index >= 15 is 0 Å². The van der Waals surface area contributed by atoms with Crippen LogP contribution in [0.25, 0.3) is 0 Å². The number of hydrogen-bond donors (Lipinski definition) is 2. The summed E-state index contributed by atoms with van der Waals surface area (Å²) < 4.78 is 10.8. The first-order valence-electron chi connectivity index (χ1n) is 6.98. The topological polar surface area (TPSA) is 88.8 Å². The van der Waals surface area contributed by atoms with E-state index < -0.39 is 11.9 Å². The lowest BCUT2D eigenvalue weighted by Gasteiger charge is -2.10. The van der Waals surface area contributed by atoms with Gasteiger partial charge in [0.05, 0.1) is 6.04 Å². The first-order valence-corrected chi connectivity index (χ1v) is 6.98. The summed E-state index contributed by atoms with van der Waals surface area (Å²) in [6.07, 6.45) is 0.407. The molecule has 1 aromatic carbocycles. The van der Waals surface area contributed by atoms with Gasteiger partial charge in [0.2, 0.25) is 0 Å². The second-order valence-electron chi connectivity index (χ2n) is 4.98. The van der Waals surface area contributed by atoms with E-state index in [1.165, 1.54) is 6.07 Å². The molecule has 1 aliphatic rings. The predicted molar refractivity (Wildman–Crippen MR) is 77.2 cm³/mol. The number of furan rings is 1. The number of carbonyl (C=O) groups excluding carboxylic acids is 1. The van der Waals surface area contributed by atoms with E-state index in [-0.39, 0.29) is 17.4 Å². The maximum absolute atomic E-state index is 12.3. The summed E-state index contributed by atoms with van der Waals surface area (Å²) in [7, 11) is 0. The summed E-state index contributed by atoms with van der Waals surface area (Å²) in [5.74, 6) is -0.520. The van der Waals surface area contributed by atoms with E-state index in [9.17, 15) is 9.59 Å². The number of fused-ring (bicyclic) bond motifs is 1. The van der Waals surface area contributed by atoms with Gasteiger partial charge in [-0.1, -0.05) is 25.1 Å². The molecule has 3 rings (SSSR count). The van der Waals surface area contributed by atoms with Gasteiger partial charge in [0.25, 0.3) is 5.91 Å². The Labute approximate surface area is 126 Å². The van der Waals surface area contributed by atoms with Crippen LogP contribution < -0.4 is 10.1 Å². The SMILES string of the molecule is CCc1oc(C(=O)NC2COc3ccccc32)cc1C(=O)O. The normalized spacial score (nSPS) is 16.0. The number of amides is 1.